The van der Waals surface area contributed by atoms with E-state index in [1.165, 1.54) is 25.4 Å². The molecular weight excluding hydrogens is 251 g/mol. The van der Waals surface area contributed by atoms with Crippen LogP contribution in [0.15, 0.2) is 18.3 Å². The van der Waals surface area contributed by atoms with Crippen molar-refractivity contribution in [1.29, 1.82) is 0 Å². The lowest BCUT2D eigenvalue weighted by atomic mass is 9.95. The van der Waals surface area contributed by atoms with E-state index in [9.17, 15) is 14.0 Å². The first-order valence-corrected chi connectivity index (χ1v) is 5.96. The summed E-state index contributed by atoms with van der Waals surface area (Å²) in [6.45, 7) is 3.42. The molecule has 0 saturated carbocycles. The van der Waals surface area contributed by atoms with E-state index in [4.69, 9.17) is 0 Å². The lowest BCUT2D eigenvalue weighted by Crippen LogP contribution is -2.52. The highest BCUT2D eigenvalue weighted by molar-refractivity contribution is 5.97. The first kappa shape index (κ1) is 15.1. The summed E-state index contributed by atoms with van der Waals surface area (Å²) >= 11 is 0. The molecule has 1 atom stereocenters. The van der Waals surface area contributed by atoms with Crippen molar-refractivity contribution in [2.45, 2.75) is 32.2 Å². The fraction of sp³-hybridized carbons (Fsp3) is 0.462. The third-order valence-electron chi connectivity index (χ3n) is 2.78. The number of ether oxygens (including phenoxy) is 1. The zero-order valence-electron chi connectivity index (χ0n) is 11.2. The Morgan fingerprint density at radius 3 is 2.74 bits per heavy atom. The molecule has 0 fully saturated rings. The number of hydrogen-bond acceptors (Lipinski definition) is 4. The van der Waals surface area contributed by atoms with Gasteiger partial charge in [0.2, 0.25) is 5.95 Å². The Kier molecular flexibility index (Phi) is 4.97. The van der Waals surface area contributed by atoms with Crippen LogP contribution in [0.5, 0.6) is 0 Å². The first-order chi connectivity index (χ1) is 8.94. The van der Waals surface area contributed by atoms with Gasteiger partial charge in [0.15, 0.2) is 0 Å². The number of nitrogens with one attached hydrogen (secondary N) is 1. The molecule has 0 aliphatic rings. The van der Waals surface area contributed by atoms with E-state index < -0.39 is 23.4 Å². The van der Waals surface area contributed by atoms with Gasteiger partial charge in [-0.05, 0) is 25.5 Å². The average molecular weight is 268 g/mol. The van der Waals surface area contributed by atoms with Crippen LogP contribution >= 0.6 is 0 Å². The lowest BCUT2D eigenvalue weighted by molar-refractivity contribution is -0.147. The zero-order valence-corrected chi connectivity index (χ0v) is 11.2. The normalized spacial score (nSPS) is 13.5. The Morgan fingerprint density at radius 2 is 2.21 bits per heavy atom. The van der Waals surface area contributed by atoms with Crippen LogP contribution in [0.3, 0.4) is 0 Å². The molecule has 0 spiro atoms. The largest absolute Gasteiger partial charge is 0.467 e. The molecule has 1 unspecified atom stereocenters. The van der Waals surface area contributed by atoms with Crippen molar-refractivity contribution >= 4 is 11.9 Å². The molecule has 19 heavy (non-hydrogen) atoms. The molecule has 0 saturated heterocycles. The van der Waals surface area contributed by atoms with Crippen molar-refractivity contribution in [2.75, 3.05) is 7.11 Å². The highest BCUT2D eigenvalue weighted by Gasteiger charge is 2.35. The Balaban J connectivity index is 2.95. The Morgan fingerprint density at radius 1 is 1.53 bits per heavy atom. The van der Waals surface area contributed by atoms with E-state index in [2.05, 4.69) is 15.0 Å². The van der Waals surface area contributed by atoms with Crippen molar-refractivity contribution in [3.63, 3.8) is 0 Å². The molecule has 0 aliphatic heterocycles. The van der Waals surface area contributed by atoms with E-state index in [-0.39, 0.29) is 5.56 Å². The maximum Gasteiger partial charge on any atom is 0.331 e. The second-order valence-corrected chi connectivity index (χ2v) is 4.37. The van der Waals surface area contributed by atoms with Gasteiger partial charge in [-0.1, -0.05) is 13.3 Å². The SMILES string of the molecule is CCCC(C)(NC(=O)c1cccnc1F)C(=O)OC. The van der Waals surface area contributed by atoms with Crippen LogP contribution in [0.2, 0.25) is 0 Å². The topological polar surface area (TPSA) is 68.3 Å². The fourth-order valence-corrected chi connectivity index (χ4v) is 1.81. The average Bonchev–Trinajstić information content (AvgIpc) is 2.38. The second kappa shape index (κ2) is 6.26. The van der Waals surface area contributed by atoms with Gasteiger partial charge in [-0.3, -0.25) is 4.79 Å². The van der Waals surface area contributed by atoms with E-state index in [0.29, 0.717) is 12.8 Å². The van der Waals surface area contributed by atoms with Gasteiger partial charge in [-0.2, -0.15) is 4.39 Å². The van der Waals surface area contributed by atoms with Gasteiger partial charge in [0.25, 0.3) is 5.91 Å². The second-order valence-electron chi connectivity index (χ2n) is 4.37. The van der Waals surface area contributed by atoms with Gasteiger partial charge in [0, 0.05) is 6.20 Å². The van der Waals surface area contributed by atoms with E-state index in [0.717, 1.165) is 0 Å². The number of hydrogen-bond donors (Lipinski definition) is 1. The number of amides is 1. The monoisotopic (exact) mass is 268 g/mol. The summed E-state index contributed by atoms with van der Waals surface area (Å²) in [5.41, 5.74) is -1.38. The van der Waals surface area contributed by atoms with Crippen molar-refractivity contribution in [1.82, 2.24) is 10.3 Å². The summed E-state index contributed by atoms with van der Waals surface area (Å²) in [4.78, 5) is 27.1. The minimum Gasteiger partial charge on any atom is -0.467 e. The van der Waals surface area contributed by atoms with E-state index in [1.807, 2.05) is 6.92 Å². The van der Waals surface area contributed by atoms with Crippen LogP contribution in [-0.2, 0) is 9.53 Å². The quantitative estimate of drug-likeness (QED) is 0.651. The number of methoxy groups -OCH3 is 1. The number of pyridine rings is 1. The smallest absolute Gasteiger partial charge is 0.331 e. The van der Waals surface area contributed by atoms with Gasteiger partial charge in [0.1, 0.15) is 5.54 Å². The first-order valence-electron chi connectivity index (χ1n) is 5.96. The number of carbonyl (C=O) groups is 2. The van der Waals surface area contributed by atoms with Crippen molar-refractivity contribution < 1.29 is 18.7 Å². The molecule has 0 bridgehead atoms. The van der Waals surface area contributed by atoms with Crippen LogP contribution in [0.1, 0.15) is 37.0 Å². The van der Waals surface area contributed by atoms with Crippen molar-refractivity contribution in [3.8, 4) is 0 Å². The fourth-order valence-electron chi connectivity index (χ4n) is 1.81. The molecule has 0 aromatic carbocycles. The number of aromatic nitrogens is 1. The van der Waals surface area contributed by atoms with Crippen LogP contribution < -0.4 is 5.32 Å². The molecule has 5 nitrogen and oxygen atoms in total. The lowest BCUT2D eigenvalue weighted by Gasteiger charge is -2.27. The molecule has 1 amide bonds. The minimum atomic E-state index is -1.18. The Bertz CT molecular complexity index is 479. The van der Waals surface area contributed by atoms with Crippen LogP contribution in [0.4, 0.5) is 4.39 Å². The van der Waals surface area contributed by atoms with Gasteiger partial charge in [0.05, 0.1) is 12.7 Å². The molecular formula is C13H17FN2O3. The molecule has 1 aromatic heterocycles. The maximum absolute atomic E-state index is 13.4. The molecule has 6 heteroatoms. The third-order valence-corrected chi connectivity index (χ3v) is 2.78. The Hall–Kier alpha value is -1.98. The van der Waals surface area contributed by atoms with E-state index in [1.54, 1.807) is 6.92 Å². The summed E-state index contributed by atoms with van der Waals surface area (Å²) in [6.07, 6.45) is 2.31. The summed E-state index contributed by atoms with van der Waals surface area (Å²) in [6, 6.07) is 2.76. The number of esters is 1. The predicted octanol–water partition coefficient (Wildman–Crippen LogP) is 1.68. The van der Waals surface area contributed by atoms with Crippen molar-refractivity contribution in [3.05, 3.63) is 29.8 Å². The standard InChI is InChI=1S/C13H17FN2O3/c1-4-7-13(2,12(18)19-3)16-11(17)9-6-5-8-15-10(9)14/h5-6,8H,4,7H2,1-3H3,(H,16,17). The van der Waals surface area contributed by atoms with Crippen LogP contribution in [0.25, 0.3) is 0 Å². The van der Waals surface area contributed by atoms with Crippen molar-refractivity contribution in [2.24, 2.45) is 0 Å². The highest BCUT2D eigenvalue weighted by Crippen LogP contribution is 2.16. The molecule has 0 aliphatic carbocycles. The number of rotatable bonds is 5. The summed E-state index contributed by atoms with van der Waals surface area (Å²) in [7, 11) is 1.24. The van der Waals surface area contributed by atoms with E-state index >= 15 is 0 Å². The van der Waals surface area contributed by atoms with Gasteiger partial charge < -0.3 is 10.1 Å². The highest BCUT2D eigenvalue weighted by atomic mass is 19.1. The van der Waals surface area contributed by atoms with Gasteiger partial charge in [-0.25, -0.2) is 9.78 Å². The summed E-state index contributed by atoms with van der Waals surface area (Å²) in [5.74, 6) is -2.12. The number of nitrogens with zero attached hydrogens (tertiary/aromatic N) is 1. The number of halogens is 1. The molecule has 1 rings (SSSR count). The molecule has 104 valence electrons. The maximum atomic E-state index is 13.4. The zero-order chi connectivity index (χ0) is 14.5. The van der Waals surface area contributed by atoms with Crippen LogP contribution in [0, 0.1) is 5.95 Å². The van der Waals surface area contributed by atoms with Gasteiger partial charge in [-0.15, -0.1) is 0 Å². The molecule has 1 N–H and O–H groups in total. The third kappa shape index (κ3) is 3.49. The summed E-state index contributed by atoms with van der Waals surface area (Å²) < 4.78 is 18.1. The summed E-state index contributed by atoms with van der Waals surface area (Å²) in [5, 5.41) is 2.51. The minimum absolute atomic E-state index is 0.200. The molecule has 0 radical (unpaired) electrons. The molecule has 1 heterocycles. The predicted molar refractivity (Wildman–Crippen MR) is 67.0 cm³/mol. The number of carbonyl (C=O) groups excluding carboxylic acids is 2. The Labute approximate surface area is 111 Å². The van der Waals surface area contributed by atoms with Gasteiger partial charge >= 0.3 is 5.97 Å². The molecule has 1 aromatic rings. The van der Waals surface area contributed by atoms with Crippen LogP contribution in [-0.4, -0.2) is 29.5 Å².